The minimum atomic E-state index is -0.774. The van der Waals surface area contributed by atoms with E-state index in [-0.39, 0.29) is 0 Å². The maximum absolute atomic E-state index is 12.5. The molecule has 0 radical (unpaired) electrons. The quantitative estimate of drug-likeness (QED) is 0.321. The van der Waals surface area contributed by atoms with Gasteiger partial charge in [-0.1, -0.05) is 59.8 Å². The van der Waals surface area contributed by atoms with Crippen LogP contribution < -0.4 is 10.1 Å². The summed E-state index contributed by atoms with van der Waals surface area (Å²) in [4.78, 5) is 24.3. The van der Waals surface area contributed by atoms with Gasteiger partial charge in [0, 0.05) is 11.1 Å². The van der Waals surface area contributed by atoms with Crippen LogP contribution in [0.25, 0.3) is 22.5 Å². The molecule has 1 aromatic heterocycles. The Hall–Kier alpha value is -4.59. The second kappa shape index (κ2) is 8.81. The van der Waals surface area contributed by atoms with Crippen molar-refractivity contribution in [3.8, 4) is 28.2 Å². The molecular weight excluding hydrogens is 472 g/mol. The monoisotopic (exact) mass is 496 g/mol. The van der Waals surface area contributed by atoms with Crippen LogP contribution in [0.5, 0.6) is 5.75 Å². The molecule has 1 saturated carbocycles. The number of carbonyl (C=O) groups excluding carboxylic acids is 1. The Balaban J connectivity index is 1.22. The standard InChI is InChI=1S/C29H24N2O6/c1-17(18-5-3-2-4-6-18)36-28(34)31-24-15-30-37-26(24)19-7-9-23-22-10-8-21(29(11-12-29)27(32)33)13-20(22)16-35-25(23)14-19/h2-10,13-15,17H,11-12,16H2,1H3,(H,31,34)(H,32,33). The molecule has 1 unspecified atom stereocenters. The summed E-state index contributed by atoms with van der Waals surface area (Å²) in [7, 11) is 0. The van der Waals surface area contributed by atoms with Gasteiger partial charge >= 0.3 is 12.1 Å². The number of hydrogen-bond acceptors (Lipinski definition) is 6. The zero-order chi connectivity index (χ0) is 25.6. The van der Waals surface area contributed by atoms with Gasteiger partial charge in [0.15, 0.2) is 5.76 Å². The van der Waals surface area contributed by atoms with Crippen molar-refractivity contribution in [1.29, 1.82) is 0 Å². The summed E-state index contributed by atoms with van der Waals surface area (Å²) in [6, 6.07) is 20.9. The number of carboxylic acid groups (broad SMARTS) is 1. The predicted molar refractivity (Wildman–Crippen MR) is 135 cm³/mol. The molecule has 1 fully saturated rings. The second-order valence-electron chi connectivity index (χ2n) is 9.41. The first-order valence-corrected chi connectivity index (χ1v) is 12.1. The number of anilines is 1. The topological polar surface area (TPSA) is 111 Å². The summed E-state index contributed by atoms with van der Waals surface area (Å²) in [5.74, 6) is 0.276. The lowest BCUT2D eigenvalue weighted by molar-refractivity contribution is -0.140. The molecule has 1 aliphatic carbocycles. The SMILES string of the molecule is CC(OC(=O)Nc1cnoc1-c1ccc2c(c1)OCc1cc(C3(C(=O)O)CC3)ccc1-2)c1ccccc1. The lowest BCUT2D eigenvalue weighted by Crippen LogP contribution is -2.20. The molecule has 186 valence electrons. The first-order valence-electron chi connectivity index (χ1n) is 12.1. The van der Waals surface area contributed by atoms with Crippen LogP contribution in [0.1, 0.15) is 42.6 Å². The van der Waals surface area contributed by atoms with Crippen LogP contribution in [0, 0.1) is 0 Å². The molecule has 1 atom stereocenters. The largest absolute Gasteiger partial charge is 0.488 e. The molecule has 1 aliphatic heterocycles. The number of nitrogens with one attached hydrogen (secondary N) is 1. The number of hydrogen-bond donors (Lipinski definition) is 2. The van der Waals surface area contributed by atoms with Gasteiger partial charge in [-0.25, -0.2) is 4.79 Å². The predicted octanol–water partition coefficient (Wildman–Crippen LogP) is 6.33. The second-order valence-corrected chi connectivity index (χ2v) is 9.41. The van der Waals surface area contributed by atoms with Crippen molar-refractivity contribution in [3.05, 3.63) is 89.6 Å². The molecule has 37 heavy (non-hydrogen) atoms. The Morgan fingerprint density at radius 3 is 2.59 bits per heavy atom. The zero-order valence-corrected chi connectivity index (χ0v) is 20.1. The summed E-state index contributed by atoms with van der Waals surface area (Å²) in [6.07, 6.45) is 1.71. The Bertz CT molecular complexity index is 1510. The first kappa shape index (κ1) is 22.8. The van der Waals surface area contributed by atoms with Crippen LogP contribution in [0.3, 0.4) is 0 Å². The lowest BCUT2D eigenvalue weighted by Gasteiger charge is -2.23. The number of benzene rings is 3. The van der Waals surface area contributed by atoms with Crippen LogP contribution in [-0.4, -0.2) is 22.3 Å². The fourth-order valence-electron chi connectivity index (χ4n) is 4.81. The molecule has 2 aliphatic rings. The lowest BCUT2D eigenvalue weighted by atomic mass is 9.89. The maximum Gasteiger partial charge on any atom is 0.412 e. The number of aliphatic carboxylic acids is 1. The normalized spacial score (nSPS) is 15.5. The van der Waals surface area contributed by atoms with Gasteiger partial charge in [-0.2, -0.15) is 0 Å². The Morgan fingerprint density at radius 1 is 1.05 bits per heavy atom. The van der Waals surface area contributed by atoms with Crippen molar-refractivity contribution < 1.29 is 28.7 Å². The van der Waals surface area contributed by atoms with E-state index in [0.29, 0.717) is 42.2 Å². The van der Waals surface area contributed by atoms with E-state index >= 15 is 0 Å². The average molecular weight is 497 g/mol. The first-order chi connectivity index (χ1) is 17.9. The Morgan fingerprint density at radius 2 is 1.84 bits per heavy atom. The summed E-state index contributed by atoms with van der Waals surface area (Å²) in [6.45, 7) is 2.14. The van der Waals surface area contributed by atoms with E-state index in [9.17, 15) is 14.7 Å². The van der Waals surface area contributed by atoms with Gasteiger partial charge in [0.25, 0.3) is 0 Å². The summed E-state index contributed by atoms with van der Waals surface area (Å²) in [5.41, 5.74) is 4.90. The number of rotatable bonds is 6. The van der Waals surface area contributed by atoms with Gasteiger partial charge in [0.05, 0.1) is 11.6 Å². The third-order valence-corrected chi connectivity index (χ3v) is 7.09. The van der Waals surface area contributed by atoms with Gasteiger partial charge in [-0.15, -0.1) is 0 Å². The summed E-state index contributed by atoms with van der Waals surface area (Å²) >= 11 is 0. The smallest absolute Gasteiger partial charge is 0.412 e. The highest BCUT2D eigenvalue weighted by Gasteiger charge is 2.51. The van der Waals surface area contributed by atoms with Gasteiger partial charge in [0.1, 0.15) is 24.1 Å². The van der Waals surface area contributed by atoms with Crippen LogP contribution in [-0.2, 0) is 21.6 Å². The molecule has 8 heteroatoms. The molecule has 2 N–H and O–H groups in total. The van der Waals surface area contributed by atoms with E-state index < -0.39 is 23.6 Å². The third kappa shape index (κ3) is 4.10. The van der Waals surface area contributed by atoms with Crippen molar-refractivity contribution in [2.45, 2.75) is 37.9 Å². The zero-order valence-electron chi connectivity index (χ0n) is 20.1. The number of fused-ring (bicyclic) bond motifs is 3. The fourth-order valence-corrected chi connectivity index (χ4v) is 4.81. The number of aromatic nitrogens is 1. The molecule has 0 spiro atoms. The van der Waals surface area contributed by atoms with Crippen molar-refractivity contribution in [3.63, 3.8) is 0 Å². The van der Waals surface area contributed by atoms with Crippen LogP contribution >= 0.6 is 0 Å². The summed E-state index contributed by atoms with van der Waals surface area (Å²) in [5, 5.41) is 16.2. The number of carbonyl (C=O) groups is 2. The molecular formula is C29H24N2O6. The number of ether oxygens (including phenoxy) is 2. The Labute approximate surface area is 212 Å². The highest BCUT2D eigenvalue weighted by atomic mass is 16.6. The molecule has 2 heterocycles. The summed E-state index contributed by atoms with van der Waals surface area (Å²) < 4.78 is 17.0. The third-order valence-electron chi connectivity index (χ3n) is 7.09. The van der Waals surface area contributed by atoms with E-state index in [2.05, 4.69) is 10.5 Å². The molecule has 0 saturated heterocycles. The van der Waals surface area contributed by atoms with Crippen LogP contribution in [0.15, 0.2) is 77.4 Å². The maximum atomic E-state index is 12.5. The minimum absolute atomic E-state index is 0.334. The molecule has 4 aromatic rings. The molecule has 0 bridgehead atoms. The number of nitrogens with zero attached hydrogens (tertiary/aromatic N) is 1. The molecule has 8 nitrogen and oxygen atoms in total. The van der Waals surface area contributed by atoms with E-state index in [1.165, 1.54) is 6.20 Å². The van der Waals surface area contributed by atoms with Gasteiger partial charge in [0.2, 0.25) is 0 Å². The molecule has 6 rings (SSSR count). The van der Waals surface area contributed by atoms with Crippen molar-refractivity contribution in [2.24, 2.45) is 0 Å². The van der Waals surface area contributed by atoms with Crippen molar-refractivity contribution in [1.82, 2.24) is 5.16 Å². The van der Waals surface area contributed by atoms with Crippen LogP contribution in [0.4, 0.5) is 10.5 Å². The van der Waals surface area contributed by atoms with Crippen LogP contribution in [0.2, 0.25) is 0 Å². The highest BCUT2D eigenvalue weighted by molar-refractivity contribution is 5.90. The fraction of sp³-hybridized carbons (Fsp3) is 0.207. The van der Waals surface area contributed by atoms with Gasteiger partial charge in [-0.3, -0.25) is 10.1 Å². The number of amides is 1. The highest BCUT2D eigenvalue weighted by Crippen LogP contribution is 2.50. The van der Waals surface area contributed by atoms with E-state index in [1.54, 1.807) is 6.92 Å². The molecule has 3 aromatic carbocycles. The minimum Gasteiger partial charge on any atom is -0.488 e. The average Bonchev–Trinajstić information content (AvgIpc) is 3.61. The van der Waals surface area contributed by atoms with Gasteiger partial charge in [-0.05, 0) is 54.2 Å². The molecule has 1 amide bonds. The van der Waals surface area contributed by atoms with Crippen molar-refractivity contribution in [2.75, 3.05) is 5.32 Å². The van der Waals surface area contributed by atoms with E-state index in [1.807, 2.05) is 66.7 Å². The Kier molecular flexibility index (Phi) is 5.44. The number of carboxylic acids is 1. The van der Waals surface area contributed by atoms with E-state index in [0.717, 1.165) is 27.8 Å². The van der Waals surface area contributed by atoms with Gasteiger partial charge < -0.3 is 19.1 Å². The van der Waals surface area contributed by atoms with Crippen molar-refractivity contribution >= 4 is 17.7 Å². The van der Waals surface area contributed by atoms with E-state index in [4.69, 9.17) is 14.0 Å².